The van der Waals surface area contributed by atoms with Crippen molar-refractivity contribution in [2.24, 2.45) is 0 Å². The molecule has 0 fully saturated rings. The fourth-order valence-electron chi connectivity index (χ4n) is 21.6. The van der Waals surface area contributed by atoms with E-state index in [1.54, 1.807) is 13.2 Å². The van der Waals surface area contributed by atoms with Crippen LogP contribution in [0.3, 0.4) is 0 Å². The molecule has 25 rings (SSSR count). The third kappa shape index (κ3) is 23.5. The van der Waals surface area contributed by atoms with Gasteiger partial charge in [0.15, 0.2) is 0 Å². The second-order valence-electron chi connectivity index (χ2n) is 38.3. The minimum absolute atomic E-state index is 0.0250. The molecular formula is C120H107Br3Cl8N14O5. The Hall–Kier alpha value is -11.5. The summed E-state index contributed by atoms with van der Waals surface area (Å²) in [4.78, 5) is 50.8. The van der Waals surface area contributed by atoms with Crippen molar-refractivity contribution in [1.29, 1.82) is 5.26 Å². The average molecular weight is 2350 g/mol. The molecule has 0 spiro atoms. The van der Waals surface area contributed by atoms with E-state index in [1.165, 1.54) is 94.2 Å². The number of fused-ring (bicyclic) bond motifs is 18. The highest BCUT2D eigenvalue weighted by Gasteiger charge is 2.39. The molecule has 6 aromatic heterocycles. The van der Waals surface area contributed by atoms with Crippen molar-refractivity contribution in [1.82, 2.24) is 66.3 Å². The van der Waals surface area contributed by atoms with Crippen LogP contribution in [-0.2, 0) is 61.1 Å². The molecule has 6 aliphatic rings. The number of nitrogens with one attached hydrogen (secondary N) is 11. The number of benzene rings is 13. The highest BCUT2D eigenvalue weighted by molar-refractivity contribution is 9.11. The van der Waals surface area contributed by atoms with Crippen molar-refractivity contribution in [2.75, 3.05) is 59.5 Å². The average Bonchev–Trinajstić information content (AvgIpc) is 1.59. The Kier molecular flexibility index (Phi) is 33.3. The van der Waals surface area contributed by atoms with Crippen molar-refractivity contribution < 1.29 is 23.8 Å². The van der Waals surface area contributed by atoms with E-state index in [4.69, 9.17) is 112 Å². The van der Waals surface area contributed by atoms with Crippen molar-refractivity contribution in [3.63, 3.8) is 0 Å². The predicted octanol–water partition coefficient (Wildman–Crippen LogP) is 30.7. The van der Waals surface area contributed by atoms with E-state index in [-0.39, 0.29) is 60.9 Å². The monoisotopic (exact) mass is 2340 g/mol. The molecule has 12 heterocycles. The van der Waals surface area contributed by atoms with Crippen LogP contribution in [0.15, 0.2) is 286 Å². The van der Waals surface area contributed by atoms with Crippen LogP contribution >= 0.6 is 141 Å². The summed E-state index contributed by atoms with van der Waals surface area (Å²) in [5.74, 6) is 1.68. The van der Waals surface area contributed by atoms with Crippen molar-refractivity contribution in [3.05, 3.63) is 439 Å². The quantitative estimate of drug-likeness (QED) is 0.0463. The summed E-state index contributed by atoms with van der Waals surface area (Å²) in [6.45, 7) is 12.3. The van der Waals surface area contributed by atoms with Gasteiger partial charge in [-0.25, -0.2) is 4.79 Å². The Morgan fingerprint density at radius 1 is 0.400 bits per heavy atom. The fourth-order valence-corrected chi connectivity index (χ4v) is 24.9. The van der Waals surface area contributed by atoms with Gasteiger partial charge in [0.25, 0.3) is 0 Å². The van der Waals surface area contributed by atoms with Crippen LogP contribution in [0.25, 0.3) is 65.4 Å². The minimum atomic E-state index is -0.213. The van der Waals surface area contributed by atoms with Crippen LogP contribution in [0.2, 0.25) is 40.2 Å². The molecule has 764 valence electrons. The first-order chi connectivity index (χ1) is 72.8. The van der Waals surface area contributed by atoms with Crippen LogP contribution in [-0.4, -0.2) is 117 Å². The highest BCUT2D eigenvalue weighted by atomic mass is 79.9. The summed E-state index contributed by atoms with van der Waals surface area (Å²) in [7, 11) is 1.54. The highest BCUT2D eigenvalue weighted by Crippen LogP contribution is 2.46. The summed E-state index contributed by atoms with van der Waals surface area (Å²) in [5, 5.41) is 39.4. The second kappa shape index (κ2) is 47.4. The lowest BCUT2D eigenvalue weighted by molar-refractivity contribution is -0.137. The number of nitriles is 1. The lowest BCUT2D eigenvalue weighted by Crippen LogP contribution is -2.46. The van der Waals surface area contributed by atoms with E-state index in [0.717, 1.165) is 194 Å². The van der Waals surface area contributed by atoms with Gasteiger partial charge in [0.2, 0.25) is 5.91 Å². The Labute approximate surface area is 935 Å². The molecule has 6 unspecified atom stereocenters. The zero-order valence-corrected chi connectivity index (χ0v) is 93.2. The molecule has 0 saturated heterocycles. The number of H-pyrrole nitrogens is 6. The topological polar surface area (TPSA) is 247 Å². The number of aromatic amines is 6. The number of hydrogen-bond acceptors (Lipinski definition) is 10. The normalized spacial score (nSPS) is 16.8. The molecular weight excluding hydrogens is 2240 g/mol. The number of carbonyl (C=O) groups excluding carboxylic acids is 2. The van der Waals surface area contributed by atoms with E-state index < -0.39 is 0 Å². The zero-order valence-electron chi connectivity index (χ0n) is 82.4. The smallest absolute Gasteiger partial charge is 0.318 e. The third-order valence-corrected chi connectivity index (χ3v) is 31.7. The first kappa shape index (κ1) is 106. The number of amides is 3. The molecule has 19 aromatic rings. The Balaban J connectivity index is 0.000000109. The lowest BCUT2D eigenvalue weighted by Gasteiger charge is -2.36. The van der Waals surface area contributed by atoms with E-state index in [9.17, 15) is 9.59 Å². The zero-order chi connectivity index (χ0) is 104. The number of rotatable bonds is 15. The van der Waals surface area contributed by atoms with Gasteiger partial charge in [-0.3, -0.25) is 4.79 Å². The molecule has 0 aliphatic carbocycles. The largest absolute Gasteiger partial charge is 0.491 e. The van der Waals surface area contributed by atoms with Gasteiger partial charge in [-0.05, 0) is 333 Å². The maximum atomic E-state index is 12.9. The molecule has 150 heavy (non-hydrogen) atoms. The SMILES string of the molecule is CC(C)Oc1ccc(C2NCCc3c2[nH]c2ccc(Cl)cc32)cc1.CCNC(=O)N1CCc2c([nH]c3ccc(Cl)cc23)C1c1ccc(OCc2ccccc2)cc1.COCC(=O)N1CCc2c([nH]c3ccc(Br)cc23)C1c1cccc(Cl)c1.Clc1ccc(CC2NCCc3c2[nH]c2ccc(Cl)cc32)c(Cl)c1.Clc1ccc2[nH]c3c(c2c1)CCNC3c1cc(Br)cc(Br)c1.N#Cc1ccc(C2NCCc3c2[nH]c2ccc(Cl)cc32)cc1. The van der Waals surface area contributed by atoms with E-state index >= 15 is 0 Å². The number of nitrogens with zero attached hydrogens (tertiary/aromatic N) is 3. The number of halogens is 11. The van der Waals surface area contributed by atoms with Crippen molar-refractivity contribution in [3.8, 4) is 17.6 Å². The molecule has 0 bridgehead atoms. The van der Waals surface area contributed by atoms with Crippen molar-refractivity contribution in [2.45, 2.75) is 115 Å². The molecule has 19 nitrogen and oxygen atoms in total. The summed E-state index contributed by atoms with van der Waals surface area (Å²) in [5.41, 5.74) is 30.2. The number of hydrogen-bond donors (Lipinski definition) is 11. The third-order valence-electron chi connectivity index (χ3n) is 28.3. The Morgan fingerprint density at radius 3 is 1.29 bits per heavy atom. The van der Waals surface area contributed by atoms with Gasteiger partial charge in [-0.15, -0.1) is 0 Å². The van der Waals surface area contributed by atoms with Gasteiger partial charge in [-0.2, -0.15) is 5.26 Å². The van der Waals surface area contributed by atoms with Gasteiger partial charge in [0, 0.05) is 200 Å². The maximum Gasteiger partial charge on any atom is 0.318 e. The number of urea groups is 1. The number of methoxy groups -OCH3 is 1. The van der Waals surface area contributed by atoms with Crippen molar-refractivity contribution >= 4 is 218 Å². The van der Waals surface area contributed by atoms with Gasteiger partial charge in [-0.1, -0.05) is 226 Å². The molecule has 30 heteroatoms. The molecule has 11 N–H and O–H groups in total. The van der Waals surface area contributed by atoms with E-state index in [1.807, 2.05) is 231 Å². The number of carbonyl (C=O) groups is 2. The first-order valence-corrected chi connectivity index (χ1v) is 55.5. The molecule has 3 amide bonds. The Morgan fingerprint density at radius 2 is 0.813 bits per heavy atom. The number of aromatic nitrogens is 6. The van der Waals surface area contributed by atoms with E-state index in [0.29, 0.717) is 51.9 Å². The summed E-state index contributed by atoms with van der Waals surface area (Å²) >= 11 is 60.2. The van der Waals surface area contributed by atoms with Crippen LogP contribution < -0.4 is 36.1 Å². The van der Waals surface area contributed by atoms with Crippen LogP contribution in [0.1, 0.15) is 169 Å². The standard InChI is InChI=1S/C27H26ClN3O2.C20H18BrClN2O2.C20H21ClN2O.C18H15Cl3N2.C18H14ClN3.C17H13Br2ClN2/c1-2-29-27(32)31-15-14-22-23-16-20(28)10-13-24(23)30-25(22)26(31)19-8-11-21(12-9-19)33-17-18-6-4-3-5-7-18;1-26-11-18(25)24-8-7-15-16-10-13(21)5-6-17(16)23-19(15)20(24)12-3-2-4-14(22)9-12;1-12(2)24-15-6-3-13(4-7-15)19-20-16(9-10-22-19)17-11-14(21)5-8-18(17)23-20;19-11-3-4-16-14(8-11)13-5-6-22-17(18(13)23-16)7-10-1-2-12(20)9-15(10)21;19-13-5-6-16-15(9-13)14-7-8-21-17(18(14)22-16)12-3-1-11(10-20)2-4-12;18-10-5-9(6-11(19)7-10)16-17-13(3-4-21-16)14-8-12(20)1-2-15(14)22-17/h3-13,16,26,30H,2,14-15,17H2,1H3,(H,29,32);2-6,9-10,20,23H,7-8,11H2,1H3;3-8,11-12,19,22-23H,9-10H2,1-2H3;1-4,8-9,17,22-23H,5-7H2;1-6,9,17,21-22H,7-8H2;1-2,5-8,16,21-22H,3-4H2. The fraction of sp³-hybridized carbons (Fsp3) is 0.225. The minimum Gasteiger partial charge on any atom is -0.491 e. The van der Waals surface area contributed by atoms with Gasteiger partial charge in [0.1, 0.15) is 24.7 Å². The molecule has 6 atom stereocenters. The molecule has 13 aromatic carbocycles. The second-order valence-corrected chi connectivity index (χ2v) is 44.5. The predicted molar refractivity (Wildman–Crippen MR) is 622 cm³/mol. The summed E-state index contributed by atoms with van der Waals surface area (Å²) in [6.07, 6.45) is 6.61. The lowest BCUT2D eigenvalue weighted by atomic mass is 9.92. The van der Waals surface area contributed by atoms with Gasteiger partial charge in [0.05, 0.1) is 54.0 Å². The molecule has 6 aliphatic heterocycles. The molecule has 0 saturated carbocycles. The Bertz CT molecular complexity index is 8210. The summed E-state index contributed by atoms with van der Waals surface area (Å²) < 4.78 is 20.0. The van der Waals surface area contributed by atoms with Crippen LogP contribution in [0.5, 0.6) is 11.5 Å². The first-order valence-electron chi connectivity index (χ1n) is 50.1. The van der Waals surface area contributed by atoms with E-state index in [2.05, 4.69) is 177 Å². The van der Waals surface area contributed by atoms with Crippen LogP contribution in [0.4, 0.5) is 4.79 Å². The maximum absolute atomic E-state index is 12.9. The molecule has 0 radical (unpaired) electrons. The summed E-state index contributed by atoms with van der Waals surface area (Å²) in [6, 6.07) is 92.6. The van der Waals surface area contributed by atoms with Crippen LogP contribution in [0, 0.1) is 11.3 Å². The van der Waals surface area contributed by atoms with Gasteiger partial charge < -0.3 is 80.5 Å². The number of ether oxygens (including phenoxy) is 3. The van der Waals surface area contributed by atoms with Gasteiger partial charge >= 0.3 is 6.03 Å².